The van der Waals surface area contributed by atoms with Crippen molar-refractivity contribution in [3.63, 3.8) is 0 Å². The SMILES string of the molecule is O=C1Oc2ccccc2N(Br)C1Cc1ccccc1. The molecule has 96 valence electrons. The van der Waals surface area contributed by atoms with E-state index in [2.05, 4.69) is 16.1 Å². The molecule has 2 aromatic carbocycles. The van der Waals surface area contributed by atoms with Crippen LogP contribution in [0.2, 0.25) is 0 Å². The van der Waals surface area contributed by atoms with Gasteiger partial charge in [-0.3, -0.25) is 3.93 Å². The Bertz CT molecular complexity index is 600. The van der Waals surface area contributed by atoms with E-state index >= 15 is 0 Å². The van der Waals surface area contributed by atoms with Crippen LogP contribution in [0.3, 0.4) is 0 Å². The number of esters is 1. The van der Waals surface area contributed by atoms with E-state index in [9.17, 15) is 4.79 Å². The lowest BCUT2D eigenvalue weighted by atomic mass is 10.0. The monoisotopic (exact) mass is 317 g/mol. The lowest BCUT2D eigenvalue weighted by Gasteiger charge is -2.31. The second-order valence-corrected chi connectivity index (χ2v) is 5.17. The van der Waals surface area contributed by atoms with Crippen molar-refractivity contribution in [3.8, 4) is 5.75 Å². The first kappa shape index (κ1) is 12.2. The lowest BCUT2D eigenvalue weighted by molar-refractivity contribution is -0.136. The van der Waals surface area contributed by atoms with Crippen LogP contribution in [0.15, 0.2) is 54.6 Å². The number of fused-ring (bicyclic) bond motifs is 1. The molecule has 0 radical (unpaired) electrons. The number of hydrogen-bond donors (Lipinski definition) is 0. The second kappa shape index (κ2) is 5.05. The van der Waals surface area contributed by atoms with Gasteiger partial charge in [0.2, 0.25) is 0 Å². The number of benzene rings is 2. The first-order valence-electron chi connectivity index (χ1n) is 6.05. The molecule has 1 aliphatic heterocycles. The van der Waals surface area contributed by atoms with Gasteiger partial charge in [-0.15, -0.1) is 0 Å². The van der Waals surface area contributed by atoms with E-state index in [1.165, 1.54) is 0 Å². The molecular formula is C15H12BrNO2. The summed E-state index contributed by atoms with van der Waals surface area (Å²) in [5.74, 6) is 0.355. The van der Waals surface area contributed by atoms with Crippen molar-refractivity contribution in [1.82, 2.24) is 0 Å². The van der Waals surface area contributed by atoms with Crippen molar-refractivity contribution in [2.45, 2.75) is 12.5 Å². The maximum Gasteiger partial charge on any atom is 0.335 e. The molecule has 0 aliphatic carbocycles. The first-order chi connectivity index (χ1) is 9.25. The molecule has 0 aromatic heterocycles. The fourth-order valence-corrected chi connectivity index (χ4v) is 2.76. The first-order valence-corrected chi connectivity index (χ1v) is 6.76. The molecule has 2 aromatic rings. The second-order valence-electron chi connectivity index (χ2n) is 4.41. The predicted molar refractivity (Wildman–Crippen MR) is 77.4 cm³/mol. The van der Waals surface area contributed by atoms with Crippen molar-refractivity contribution in [2.24, 2.45) is 0 Å². The Balaban J connectivity index is 1.89. The van der Waals surface area contributed by atoms with Crippen molar-refractivity contribution < 1.29 is 9.53 Å². The predicted octanol–water partition coefficient (Wildman–Crippen LogP) is 3.33. The average molecular weight is 318 g/mol. The molecule has 1 unspecified atom stereocenters. The minimum Gasteiger partial charge on any atom is -0.423 e. The van der Waals surface area contributed by atoms with Crippen LogP contribution in [-0.2, 0) is 11.2 Å². The molecule has 19 heavy (non-hydrogen) atoms. The summed E-state index contributed by atoms with van der Waals surface area (Å²) in [5, 5.41) is 0. The maximum absolute atomic E-state index is 12.1. The van der Waals surface area contributed by atoms with Gasteiger partial charge in [0, 0.05) is 6.42 Å². The van der Waals surface area contributed by atoms with Gasteiger partial charge in [0.05, 0.1) is 21.8 Å². The minimum absolute atomic E-state index is 0.237. The van der Waals surface area contributed by atoms with Gasteiger partial charge >= 0.3 is 5.97 Å². The Morgan fingerprint density at radius 2 is 1.74 bits per heavy atom. The molecule has 0 saturated heterocycles. The van der Waals surface area contributed by atoms with Gasteiger partial charge in [0.25, 0.3) is 0 Å². The molecule has 0 amide bonds. The van der Waals surface area contributed by atoms with Crippen molar-refractivity contribution in [1.29, 1.82) is 0 Å². The molecule has 0 spiro atoms. The van der Waals surface area contributed by atoms with Crippen molar-refractivity contribution in [3.05, 3.63) is 60.2 Å². The Morgan fingerprint density at radius 3 is 2.53 bits per heavy atom. The molecule has 1 aliphatic rings. The number of carbonyl (C=O) groups is 1. The highest BCUT2D eigenvalue weighted by Crippen LogP contribution is 2.36. The smallest absolute Gasteiger partial charge is 0.335 e. The highest BCUT2D eigenvalue weighted by Gasteiger charge is 2.33. The van der Waals surface area contributed by atoms with Crippen LogP contribution in [-0.4, -0.2) is 12.0 Å². The number of hydrogen-bond acceptors (Lipinski definition) is 3. The van der Waals surface area contributed by atoms with E-state index in [0.29, 0.717) is 12.2 Å². The molecule has 3 rings (SSSR count). The number of rotatable bonds is 2. The standard InChI is InChI=1S/C15H12BrNO2/c16-17-12-8-4-5-9-14(12)19-15(18)13(17)10-11-6-2-1-3-7-11/h1-9,13H,10H2. The van der Waals surface area contributed by atoms with E-state index in [1.807, 2.05) is 48.5 Å². The highest BCUT2D eigenvalue weighted by atomic mass is 79.9. The number of carbonyl (C=O) groups excluding carboxylic acids is 1. The summed E-state index contributed by atoms with van der Waals surface area (Å²) in [6, 6.07) is 17.1. The summed E-state index contributed by atoms with van der Waals surface area (Å²) in [4.78, 5) is 12.1. The van der Waals surface area contributed by atoms with E-state index in [1.54, 1.807) is 9.99 Å². The van der Waals surface area contributed by atoms with E-state index in [4.69, 9.17) is 4.74 Å². The van der Waals surface area contributed by atoms with Gasteiger partial charge in [0.1, 0.15) is 6.04 Å². The maximum atomic E-state index is 12.1. The van der Waals surface area contributed by atoms with Gasteiger partial charge in [-0.25, -0.2) is 4.79 Å². The quantitative estimate of drug-likeness (QED) is 0.483. The topological polar surface area (TPSA) is 29.5 Å². The summed E-state index contributed by atoms with van der Waals surface area (Å²) in [5.41, 5.74) is 1.98. The molecule has 1 atom stereocenters. The zero-order valence-corrected chi connectivity index (χ0v) is 11.7. The van der Waals surface area contributed by atoms with Crippen LogP contribution >= 0.6 is 16.1 Å². The van der Waals surface area contributed by atoms with Crippen LogP contribution < -0.4 is 8.66 Å². The Labute approximate surface area is 120 Å². The summed E-state index contributed by atoms with van der Waals surface area (Å²) in [7, 11) is 0. The number of halogens is 1. The lowest BCUT2D eigenvalue weighted by Crippen LogP contribution is -2.43. The Morgan fingerprint density at radius 1 is 1.05 bits per heavy atom. The molecule has 4 heteroatoms. The fourth-order valence-electron chi connectivity index (χ4n) is 2.16. The summed E-state index contributed by atoms with van der Waals surface area (Å²) in [6.07, 6.45) is 0.610. The number of nitrogens with zero attached hydrogens (tertiary/aromatic N) is 1. The third kappa shape index (κ3) is 2.36. The van der Waals surface area contributed by atoms with Gasteiger partial charge in [-0.1, -0.05) is 42.5 Å². The van der Waals surface area contributed by atoms with Gasteiger partial charge in [0.15, 0.2) is 5.75 Å². The van der Waals surface area contributed by atoms with Crippen molar-refractivity contribution >= 4 is 27.8 Å². The molecule has 3 nitrogen and oxygen atoms in total. The van der Waals surface area contributed by atoms with Crippen LogP contribution in [0.5, 0.6) is 5.75 Å². The summed E-state index contributed by atoms with van der Waals surface area (Å²) < 4.78 is 7.18. The molecule has 0 saturated carbocycles. The van der Waals surface area contributed by atoms with Crippen LogP contribution in [0, 0.1) is 0 Å². The highest BCUT2D eigenvalue weighted by molar-refractivity contribution is 9.10. The van der Waals surface area contributed by atoms with Gasteiger partial charge < -0.3 is 4.74 Å². The Kier molecular flexibility index (Phi) is 3.25. The summed E-state index contributed by atoms with van der Waals surface area (Å²) >= 11 is 3.48. The van der Waals surface area contributed by atoms with Gasteiger partial charge in [-0.05, 0) is 17.7 Å². The third-order valence-electron chi connectivity index (χ3n) is 3.12. The van der Waals surface area contributed by atoms with E-state index < -0.39 is 0 Å². The molecule has 1 heterocycles. The fraction of sp³-hybridized carbons (Fsp3) is 0.133. The van der Waals surface area contributed by atoms with Crippen LogP contribution in [0.1, 0.15) is 5.56 Å². The van der Waals surface area contributed by atoms with E-state index in [0.717, 1.165) is 11.3 Å². The zero-order valence-electron chi connectivity index (χ0n) is 10.1. The number of para-hydroxylation sites is 2. The summed E-state index contributed by atoms with van der Waals surface area (Å²) in [6.45, 7) is 0. The average Bonchev–Trinajstić information content (AvgIpc) is 2.45. The Hall–Kier alpha value is -1.81. The largest absolute Gasteiger partial charge is 0.423 e. The molecule has 0 fully saturated rings. The molecule has 0 bridgehead atoms. The zero-order chi connectivity index (χ0) is 13.2. The van der Waals surface area contributed by atoms with Crippen LogP contribution in [0.25, 0.3) is 0 Å². The normalized spacial score (nSPS) is 17.8. The minimum atomic E-state index is -0.350. The van der Waals surface area contributed by atoms with Crippen molar-refractivity contribution in [2.75, 3.05) is 3.93 Å². The number of ether oxygens (including phenoxy) is 1. The van der Waals surface area contributed by atoms with E-state index in [-0.39, 0.29) is 12.0 Å². The molecular weight excluding hydrogens is 306 g/mol. The number of anilines is 1. The third-order valence-corrected chi connectivity index (χ3v) is 4.00. The van der Waals surface area contributed by atoms with Gasteiger partial charge in [-0.2, -0.15) is 0 Å². The van der Waals surface area contributed by atoms with Crippen LogP contribution in [0.4, 0.5) is 5.69 Å². The molecule has 0 N–H and O–H groups in total.